The summed E-state index contributed by atoms with van der Waals surface area (Å²) in [5.74, 6) is -0.0109. The summed E-state index contributed by atoms with van der Waals surface area (Å²) < 4.78 is 6.76. The molecule has 0 spiro atoms. The minimum Gasteiger partial charge on any atom is -0.385 e. The second-order valence-corrected chi connectivity index (χ2v) is 6.30. The van der Waals surface area contributed by atoms with Gasteiger partial charge in [0.15, 0.2) is 0 Å². The van der Waals surface area contributed by atoms with E-state index in [1.165, 1.54) is 4.68 Å². The first-order valence-corrected chi connectivity index (χ1v) is 8.04. The van der Waals surface area contributed by atoms with Crippen molar-refractivity contribution in [3.05, 3.63) is 40.0 Å². The second kappa shape index (κ2) is 5.54. The summed E-state index contributed by atoms with van der Waals surface area (Å²) in [6.07, 6.45) is 1.38. The molecule has 1 unspecified atom stereocenters. The van der Waals surface area contributed by atoms with Crippen LogP contribution in [-0.4, -0.2) is 28.8 Å². The number of nitrogens with zero attached hydrogens (tertiary/aromatic N) is 2. The maximum Gasteiger partial charge on any atom is 0.256 e. The van der Waals surface area contributed by atoms with Gasteiger partial charge in [-0.25, -0.2) is 0 Å². The lowest BCUT2D eigenvalue weighted by atomic mass is 9.90. The van der Waals surface area contributed by atoms with E-state index in [2.05, 4.69) is 10.4 Å². The molecule has 4 rings (SSSR count). The molecule has 0 radical (unpaired) electrons. The molecule has 2 aliphatic rings. The summed E-state index contributed by atoms with van der Waals surface area (Å²) in [6, 6.07) is 5.56. The standard InChI is InChI=1S/C16H17ClN4O2/c17-9-1-2-13-11(7-9)10(3-5-19-13)16(22)21-15(18)12-8-23-6-4-14(12)20-21/h1-2,7,10,19H,3-6,8,18H2. The van der Waals surface area contributed by atoms with E-state index in [1.54, 1.807) is 0 Å². The highest BCUT2D eigenvalue weighted by atomic mass is 35.5. The molecule has 6 nitrogen and oxygen atoms in total. The third-order valence-corrected chi connectivity index (χ3v) is 4.72. The Morgan fingerprint density at radius 1 is 1.48 bits per heavy atom. The number of hydrogen-bond acceptors (Lipinski definition) is 5. The van der Waals surface area contributed by atoms with Crippen LogP contribution >= 0.6 is 11.6 Å². The number of ether oxygens (including phenoxy) is 1. The van der Waals surface area contributed by atoms with Crippen molar-refractivity contribution in [3.8, 4) is 0 Å². The minimum atomic E-state index is -0.297. The minimum absolute atomic E-state index is 0.109. The van der Waals surface area contributed by atoms with Crippen LogP contribution in [0.4, 0.5) is 11.5 Å². The molecule has 2 aliphatic heterocycles. The van der Waals surface area contributed by atoms with Crippen molar-refractivity contribution in [1.29, 1.82) is 0 Å². The highest BCUT2D eigenvalue weighted by Crippen LogP contribution is 2.35. The molecule has 1 aromatic heterocycles. The molecule has 0 amide bonds. The fraction of sp³-hybridized carbons (Fsp3) is 0.375. The zero-order valence-electron chi connectivity index (χ0n) is 12.5. The number of anilines is 2. The summed E-state index contributed by atoms with van der Waals surface area (Å²) in [6.45, 7) is 1.77. The number of halogens is 1. The van der Waals surface area contributed by atoms with Crippen LogP contribution in [0.3, 0.4) is 0 Å². The van der Waals surface area contributed by atoms with Crippen LogP contribution in [-0.2, 0) is 17.8 Å². The van der Waals surface area contributed by atoms with Crippen LogP contribution in [0.2, 0.25) is 5.02 Å². The number of nitrogen functional groups attached to an aromatic ring is 1. The Morgan fingerprint density at radius 3 is 3.17 bits per heavy atom. The highest BCUT2D eigenvalue weighted by molar-refractivity contribution is 6.30. The SMILES string of the molecule is Nc1c2c(nn1C(=O)C1CCNc3ccc(Cl)cc31)CCOC2. The molecule has 7 heteroatoms. The Hall–Kier alpha value is -2.05. The Labute approximate surface area is 138 Å². The summed E-state index contributed by atoms with van der Waals surface area (Å²) in [5, 5.41) is 8.34. The molecule has 0 saturated heterocycles. The predicted molar refractivity (Wildman–Crippen MR) is 87.9 cm³/mol. The third-order valence-electron chi connectivity index (χ3n) is 4.48. The van der Waals surface area contributed by atoms with Gasteiger partial charge in [-0.15, -0.1) is 0 Å². The fourth-order valence-electron chi connectivity index (χ4n) is 3.27. The Bertz CT molecular complexity index is 787. The number of nitrogens with one attached hydrogen (secondary N) is 1. The van der Waals surface area contributed by atoms with Gasteiger partial charge in [0.1, 0.15) is 5.82 Å². The van der Waals surface area contributed by atoms with Gasteiger partial charge >= 0.3 is 0 Å². The largest absolute Gasteiger partial charge is 0.385 e. The average Bonchev–Trinajstić information content (AvgIpc) is 2.91. The van der Waals surface area contributed by atoms with Gasteiger partial charge in [-0.1, -0.05) is 11.6 Å². The van der Waals surface area contributed by atoms with Crippen LogP contribution in [0.15, 0.2) is 18.2 Å². The summed E-state index contributed by atoms with van der Waals surface area (Å²) in [5.41, 5.74) is 9.68. The van der Waals surface area contributed by atoms with Crippen molar-refractivity contribution in [2.75, 3.05) is 24.2 Å². The third kappa shape index (κ3) is 2.38. The highest BCUT2D eigenvalue weighted by Gasteiger charge is 2.31. The quantitative estimate of drug-likeness (QED) is 0.838. The molecule has 0 aliphatic carbocycles. The monoisotopic (exact) mass is 332 g/mol. The number of nitrogens with two attached hydrogens (primary N) is 1. The average molecular weight is 333 g/mol. The lowest BCUT2D eigenvalue weighted by Crippen LogP contribution is -2.28. The number of carbonyl (C=O) groups excluding carboxylic acids is 1. The van der Waals surface area contributed by atoms with E-state index in [9.17, 15) is 4.79 Å². The van der Waals surface area contributed by atoms with Gasteiger partial charge in [0.25, 0.3) is 5.91 Å². The molecule has 3 heterocycles. The van der Waals surface area contributed by atoms with Gasteiger partial charge in [-0.2, -0.15) is 9.78 Å². The molecule has 2 aromatic rings. The molecule has 1 atom stereocenters. The Morgan fingerprint density at radius 2 is 2.35 bits per heavy atom. The summed E-state index contributed by atoms with van der Waals surface area (Å²) in [7, 11) is 0. The zero-order valence-corrected chi connectivity index (χ0v) is 13.3. The molecule has 23 heavy (non-hydrogen) atoms. The van der Waals surface area contributed by atoms with E-state index in [-0.39, 0.29) is 11.8 Å². The van der Waals surface area contributed by atoms with Crippen LogP contribution < -0.4 is 11.1 Å². The van der Waals surface area contributed by atoms with Gasteiger partial charge in [0.05, 0.1) is 24.8 Å². The van der Waals surface area contributed by atoms with Crippen LogP contribution in [0, 0.1) is 0 Å². The van der Waals surface area contributed by atoms with Crippen molar-refractivity contribution in [2.24, 2.45) is 0 Å². The van der Waals surface area contributed by atoms with Crippen molar-refractivity contribution >= 4 is 29.0 Å². The number of carbonyl (C=O) groups is 1. The molecular formula is C16H17ClN4O2. The van der Waals surface area contributed by atoms with Crippen molar-refractivity contribution in [1.82, 2.24) is 9.78 Å². The molecule has 3 N–H and O–H groups in total. The zero-order chi connectivity index (χ0) is 16.0. The molecule has 120 valence electrons. The molecular weight excluding hydrogens is 316 g/mol. The Kier molecular flexibility index (Phi) is 3.50. The number of aromatic nitrogens is 2. The van der Waals surface area contributed by atoms with E-state index in [0.717, 1.165) is 29.1 Å². The van der Waals surface area contributed by atoms with E-state index < -0.39 is 0 Å². The fourth-order valence-corrected chi connectivity index (χ4v) is 3.45. The van der Waals surface area contributed by atoms with Gasteiger partial charge in [-0.05, 0) is 30.2 Å². The smallest absolute Gasteiger partial charge is 0.256 e. The summed E-state index contributed by atoms with van der Waals surface area (Å²) >= 11 is 6.10. The van der Waals surface area contributed by atoms with Crippen molar-refractivity contribution < 1.29 is 9.53 Å². The number of benzene rings is 1. The van der Waals surface area contributed by atoms with Crippen molar-refractivity contribution in [3.63, 3.8) is 0 Å². The van der Waals surface area contributed by atoms with E-state index in [1.807, 2.05) is 18.2 Å². The topological polar surface area (TPSA) is 82.2 Å². The van der Waals surface area contributed by atoms with E-state index >= 15 is 0 Å². The maximum atomic E-state index is 13.0. The molecule has 0 fully saturated rings. The first-order valence-electron chi connectivity index (χ1n) is 7.66. The lowest BCUT2D eigenvalue weighted by Gasteiger charge is -2.26. The molecule has 0 saturated carbocycles. The van der Waals surface area contributed by atoms with Crippen LogP contribution in [0.25, 0.3) is 0 Å². The number of rotatable bonds is 1. The van der Waals surface area contributed by atoms with Crippen LogP contribution in [0.1, 0.15) is 34.0 Å². The second-order valence-electron chi connectivity index (χ2n) is 5.86. The van der Waals surface area contributed by atoms with E-state index in [4.69, 9.17) is 22.1 Å². The predicted octanol–water partition coefficient (Wildman–Crippen LogP) is 2.43. The first-order chi connectivity index (χ1) is 11.1. The number of fused-ring (bicyclic) bond motifs is 2. The van der Waals surface area contributed by atoms with Gasteiger partial charge < -0.3 is 15.8 Å². The normalized spacial score (nSPS) is 19.6. The maximum absolute atomic E-state index is 13.0. The molecule has 1 aromatic carbocycles. The van der Waals surface area contributed by atoms with Crippen molar-refractivity contribution in [2.45, 2.75) is 25.4 Å². The van der Waals surface area contributed by atoms with Gasteiger partial charge in [0.2, 0.25) is 0 Å². The van der Waals surface area contributed by atoms with Gasteiger partial charge in [0, 0.05) is 29.2 Å². The lowest BCUT2D eigenvalue weighted by molar-refractivity contribution is 0.0859. The number of hydrogen-bond donors (Lipinski definition) is 2. The van der Waals surface area contributed by atoms with Crippen LogP contribution in [0.5, 0.6) is 0 Å². The Balaban J connectivity index is 1.74. The van der Waals surface area contributed by atoms with E-state index in [0.29, 0.717) is 36.9 Å². The molecule has 0 bridgehead atoms. The van der Waals surface area contributed by atoms with Gasteiger partial charge in [-0.3, -0.25) is 4.79 Å². The summed E-state index contributed by atoms with van der Waals surface area (Å²) in [4.78, 5) is 13.0. The first kappa shape index (κ1) is 14.5.